The third kappa shape index (κ3) is 6.37. The molecule has 2 saturated heterocycles. The van der Waals surface area contributed by atoms with Gasteiger partial charge in [0.05, 0.1) is 12.7 Å². The standard InChI is InChI=1S/C27H38N4O3/c1-21-6-8-23(9-7-21)25(26(33)29-17-22-10-16-34-18-22)31-15-14-30(19-27(20-31)11-12-27)24(32)5-3-2-4-13-28/h6-9,22,25H,2-5,10-12,14-20H2,1H3,(H,29,33). The second kappa shape index (κ2) is 11.3. The lowest BCUT2D eigenvalue weighted by Crippen LogP contribution is -2.44. The maximum Gasteiger partial charge on any atom is 0.241 e. The van der Waals surface area contributed by atoms with Crippen molar-refractivity contribution in [3.63, 3.8) is 0 Å². The molecule has 2 unspecified atom stereocenters. The van der Waals surface area contributed by atoms with Crippen molar-refractivity contribution in [1.82, 2.24) is 15.1 Å². The summed E-state index contributed by atoms with van der Waals surface area (Å²) in [6.07, 6.45) is 5.74. The molecule has 3 aliphatic rings. The van der Waals surface area contributed by atoms with Gasteiger partial charge in [-0.15, -0.1) is 0 Å². The largest absolute Gasteiger partial charge is 0.381 e. The monoisotopic (exact) mass is 466 g/mol. The molecule has 3 fully saturated rings. The van der Waals surface area contributed by atoms with E-state index in [2.05, 4.69) is 47.5 Å². The number of nitrogens with zero attached hydrogens (tertiary/aromatic N) is 3. The molecule has 1 aliphatic carbocycles. The molecule has 1 saturated carbocycles. The lowest BCUT2D eigenvalue weighted by molar-refractivity contribution is -0.131. The van der Waals surface area contributed by atoms with Crippen molar-refractivity contribution in [1.29, 1.82) is 5.26 Å². The minimum Gasteiger partial charge on any atom is -0.381 e. The second-order valence-electron chi connectivity index (χ2n) is 10.4. The zero-order valence-corrected chi connectivity index (χ0v) is 20.4. The Bertz CT molecular complexity index is 884. The lowest BCUT2D eigenvalue weighted by Gasteiger charge is -2.32. The van der Waals surface area contributed by atoms with Crippen LogP contribution < -0.4 is 5.32 Å². The molecule has 2 atom stereocenters. The Morgan fingerprint density at radius 2 is 2.00 bits per heavy atom. The fraction of sp³-hybridized carbons (Fsp3) is 0.667. The summed E-state index contributed by atoms with van der Waals surface area (Å²) in [5.41, 5.74) is 2.29. The van der Waals surface area contributed by atoms with Crippen LogP contribution in [0.3, 0.4) is 0 Å². The molecule has 0 radical (unpaired) electrons. The summed E-state index contributed by atoms with van der Waals surface area (Å²) >= 11 is 0. The van der Waals surface area contributed by atoms with Gasteiger partial charge in [-0.1, -0.05) is 29.8 Å². The second-order valence-corrected chi connectivity index (χ2v) is 10.4. The van der Waals surface area contributed by atoms with Crippen LogP contribution in [0.2, 0.25) is 0 Å². The highest BCUT2D eigenvalue weighted by Crippen LogP contribution is 2.49. The summed E-state index contributed by atoms with van der Waals surface area (Å²) in [6.45, 7) is 7.14. The number of rotatable bonds is 9. The average Bonchev–Trinajstić information content (AvgIpc) is 3.44. The van der Waals surface area contributed by atoms with Crippen LogP contribution in [-0.2, 0) is 14.3 Å². The number of benzene rings is 1. The Hall–Kier alpha value is -2.43. The Morgan fingerprint density at radius 3 is 2.68 bits per heavy atom. The van der Waals surface area contributed by atoms with E-state index < -0.39 is 0 Å². The molecule has 0 bridgehead atoms. The van der Waals surface area contributed by atoms with Crippen molar-refractivity contribution in [3.05, 3.63) is 35.4 Å². The van der Waals surface area contributed by atoms with E-state index in [0.717, 1.165) is 57.4 Å². The number of aryl methyl sites for hydroxylation is 1. The first kappa shape index (κ1) is 24.7. The summed E-state index contributed by atoms with van der Waals surface area (Å²) in [4.78, 5) is 30.8. The molecule has 1 spiro atoms. The van der Waals surface area contributed by atoms with Crippen molar-refractivity contribution in [2.45, 2.75) is 57.9 Å². The first-order chi connectivity index (χ1) is 16.5. The van der Waals surface area contributed by atoms with E-state index in [-0.39, 0.29) is 23.3 Å². The fourth-order valence-electron chi connectivity index (χ4n) is 5.22. The zero-order chi connectivity index (χ0) is 24.0. The number of nitriles is 1. The number of hydrogen-bond acceptors (Lipinski definition) is 5. The number of carbonyl (C=O) groups excluding carboxylic acids is 2. The highest BCUT2D eigenvalue weighted by molar-refractivity contribution is 5.83. The molecule has 2 heterocycles. The van der Waals surface area contributed by atoms with Crippen LogP contribution in [0.1, 0.15) is 62.1 Å². The van der Waals surface area contributed by atoms with E-state index in [0.29, 0.717) is 45.0 Å². The molecule has 2 amide bonds. The Kier molecular flexibility index (Phi) is 8.23. The van der Waals surface area contributed by atoms with Gasteiger partial charge in [0.15, 0.2) is 0 Å². The predicted molar refractivity (Wildman–Crippen MR) is 130 cm³/mol. The average molecular weight is 467 g/mol. The number of amides is 2. The number of nitrogens with one attached hydrogen (secondary N) is 1. The predicted octanol–water partition coefficient (Wildman–Crippen LogP) is 3.20. The van der Waals surface area contributed by atoms with Crippen LogP contribution in [0.25, 0.3) is 0 Å². The van der Waals surface area contributed by atoms with Gasteiger partial charge in [-0.3, -0.25) is 14.5 Å². The molecule has 184 valence electrons. The molecule has 7 heteroatoms. The summed E-state index contributed by atoms with van der Waals surface area (Å²) in [6, 6.07) is 10.1. The van der Waals surface area contributed by atoms with Crippen molar-refractivity contribution in [3.8, 4) is 6.07 Å². The number of ether oxygens (including phenoxy) is 1. The van der Waals surface area contributed by atoms with Crippen LogP contribution in [-0.4, -0.2) is 67.6 Å². The molecule has 4 rings (SSSR count). The molecule has 34 heavy (non-hydrogen) atoms. The summed E-state index contributed by atoms with van der Waals surface area (Å²) in [5.74, 6) is 0.613. The molecule has 7 nitrogen and oxygen atoms in total. The highest BCUT2D eigenvalue weighted by atomic mass is 16.5. The van der Waals surface area contributed by atoms with E-state index in [1.54, 1.807) is 0 Å². The first-order valence-electron chi connectivity index (χ1n) is 12.8. The third-order valence-electron chi connectivity index (χ3n) is 7.56. The quantitative estimate of drug-likeness (QED) is 0.565. The van der Waals surface area contributed by atoms with Gasteiger partial charge in [0.25, 0.3) is 0 Å². The molecular formula is C27H38N4O3. The number of hydrogen-bond donors (Lipinski definition) is 1. The molecule has 0 aromatic heterocycles. The Balaban J connectivity index is 1.46. The van der Waals surface area contributed by atoms with Gasteiger partial charge < -0.3 is 15.0 Å². The SMILES string of the molecule is Cc1ccc(C(C(=O)NCC2CCOC2)N2CCN(C(=O)CCCCC#N)CC3(CC3)C2)cc1. The van der Waals surface area contributed by atoms with Crippen molar-refractivity contribution >= 4 is 11.8 Å². The first-order valence-corrected chi connectivity index (χ1v) is 12.8. The minimum absolute atomic E-state index is 0.0443. The topological polar surface area (TPSA) is 85.7 Å². The van der Waals surface area contributed by atoms with Gasteiger partial charge in [0, 0.05) is 63.5 Å². The minimum atomic E-state index is -0.355. The van der Waals surface area contributed by atoms with Gasteiger partial charge >= 0.3 is 0 Å². The van der Waals surface area contributed by atoms with Crippen LogP contribution in [0, 0.1) is 29.6 Å². The van der Waals surface area contributed by atoms with Crippen LogP contribution in [0.15, 0.2) is 24.3 Å². The molecule has 2 aliphatic heterocycles. The fourth-order valence-corrected chi connectivity index (χ4v) is 5.22. The zero-order valence-electron chi connectivity index (χ0n) is 20.4. The van der Waals surface area contributed by atoms with E-state index in [9.17, 15) is 9.59 Å². The van der Waals surface area contributed by atoms with Crippen molar-refractivity contribution in [2.24, 2.45) is 11.3 Å². The molecule has 1 N–H and O–H groups in total. The number of unbranched alkanes of at least 4 members (excludes halogenated alkanes) is 2. The Morgan fingerprint density at radius 1 is 1.21 bits per heavy atom. The number of carbonyl (C=O) groups is 2. The maximum atomic E-state index is 13.5. The van der Waals surface area contributed by atoms with E-state index in [1.807, 2.05) is 4.90 Å². The van der Waals surface area contributed by atoms with E-state index >= 15 is 0 Å². The highest BCUT2D eigenvalue weighted by Gasteiger charge is 2.49. The molecular weight excluding hydrogens is 428 g/mol. The summed E-state index contributed by atoms with van der Waals surface area (Å²) in [5, 5.41) is 11.9. The van der Waals surface area contributed by atoms with Gasteiger partial charge in [-0.05, 0) is 44.6 Å². The summed E-state index contributed by atoms with van der Waals surface area (Å²) < 4.78 is 5.48. The van der Waals surface area contributed by atoms with E-state index in [4.69, 9.17) is 10.00 Å². The van der Waals surface area contributed by atoms with Gasteiger partial charge in [0.2, 0.25) is 11.8 Å². The molecule has 1 aromatic rings. The smallest absolute Gasteiger partial charge is 0.241 e. The van der Waals surface area contributed by atoms with Crippen LogP contribution in [0.4, 0.5) is 0 Å². The van der Waals surface area contributed by atoms with E-state index in [1.165, 1.54) is 5.56 Å². The van der Waals surface area contributed by atoms with Crippen LogP contribution in [0.5, 0.6) is 0 Å². The normalized spacial score (nSPS) is 22.7. The molecule has 1 aromatic carbocycles. The Labute approximate surface area is 203 Å². The van der Waals surface area contributed by atoms with Crippen molar-refractivity contribution < 1.29 is 14.3 Å². The van der Waals surface area contributed by atoms with Crippen LogP contribution >= 0.6 is 0 Å². The third-order valence-corrected chi connectivity index (χ3v) is 7.56. The lowest BCUT2D eigenvalue weighted by atomic mass is 9.99. The van der Waals surface area contributed by atoms with Crippen molar-refractivity contribution in [2.75, 3.05) is 45.9 Å². The van der Waals surface area contributed by atoms with Gasteiger partial charge in [-0.2, -0.15) is 5.26 Å². The summed E-state index contributed by atoms with van der Waals surface area (Å²) in [7, 11) is 0. The van der Waals surface area contributed by atoms with Gasteiger partial charge in [-0.25, -0.2) is 0 Å². The van der Waals surface area contributed by atoms with Gasteiger partial charge in [0.1, 0.15) is 6.04 Å². The maximum absolute atomic E-state index is 13.5.